The van der Waals surface area contributed by atoms with Crippen LogP contribution in [0.15, 0.2) is 24.4 Å². The van der Waals surface area contributed by atoms with Gasteiger partial charge in [-0.3, -0.25) is 4.40 Å². The highest BCUT2D eigenvalue weighted by atomic mass is 32.2. The smallest absolute Gasteiger partial charge is 0.160 e. The molecule has 0 saturated carbocycles. The SMILES string of the molecule is CC(CS(C)(=O)=O)NCCc1nnc2ccccn12. The molecular weight excluding hydrogens is 264 g/mol. The van der Waals surface area contributed by atoms with Gasteiger partial charge >= 0.3 is 0 Å². The predicted molar refractivity (Wildman–Crippen MR) is 73.9 cm³/mol. The average Bonchev–Trinajstić information content (AvgIpc) is 2.70. The third kappa shape index (κ3) is 4.00. The Morgan fingerprint density at radius 3 is 2.89 bits per heavy atom. The molecule has 2 aromatic rings. The summed E-state index contributed by atoms with van der Waals surface area (Å²) in [6.45, 7) is 2.54. The maximum absolute atomic E-state index is 11.1. The fourth-order valence-corrected chi connectivity index (χ4v) is 3.03. The van der Waals surface area contributed by atoms with Gasteiger partial charge in [0, 0.05) is 31.5 Å². The first-order valence-electron chi connectivity index (χ1n) is 6.15. The average molecular weight is 282 g/mol. The van der Waals surface area contributed by atoms with E-state index in [1.165, 1.54) is 6.26 Å². The molecule has 0 aromatic carbocycles. The lowest BCUT2D eigenvalue weighted by Gasteiger charge is -2.11. The Morgan fingerprint density at radius 1 is 1.37 bits per heavy atom. The summed E-state index contributed by atoms with van der Waals surface area (Å²) in [7, 11) is -2.94. The van der Waals surface area contributed by atoms with Crippen LogP contribution in [0.2, 0.25) is 0 Å². The van der Waals surface area contributed by atoms with Crippen molar-refractivity contribution < 1.29 is 8.42 Å². The zero-order valence-electron chi connectivity index (χ0n) is 11.1. The highest BCUT2D eigenvalue weighted by Gasteiger charge is 2.10. The first-order valence-corrected chi connectivity index (χ1v) is 8.21. The molecule has 19 heavy (non-hydrogen) atoms. The van der Waals surface area contributed by atoms with E-state index in [1.807, 2.05) is 35.7 Å². The summed E-state index contributed by atoms with van der Waals surface area (Å²) < 4.78 is 24.2. The van der Waals surface area contributed by atoms with Crippen LogP contribution in [-0.4, -0.2) is 47.6 Å². The normalized spacial score (nSPS) is 13.8. The lowest BCUT2D eigenvalue weighted by Crippen LogP contribution is -2.34. The van der Waals surface area contributed by atoms with Crippen LogP contribution in [0.25, 0.3) is 5.65 Å². The largest absolute Gasteiger partial charge is 0.313 e. The van der Waals surface area contributed by atoms with E-state index in [-0.39, 0.29) is 11.8 Å². The number of hydrogen-bond acceptors (Lipinski definition) is 5. The molecule has 0 fully saturated rings. The molecule has 1 N–H and O–H groups in total. The number of rotatable bonds is 6. The van der Waals surface area contributed by atoms with Gasteiger partial charge in [0.25, 0.3) is 0 Å². The molecule has 2 rings (SSSR count). The molecule has 0 amide bonds. The minimum Gasteiger partial charge on any atom is -0.313 e. The van der Waals surface area contributed by atoms with Crippen LogP contribution in [0.3, 0.4) is 0 Å². The van der Waals surface area contributed by atoms with E-state index < -0.39 is 9.84 Å². The second kappa shape index (κ2) is 5.66. The number of nitrogens with zero attached hydrogens (tertiary/aromatic N) is 3. The lowest BCUT2D eigenvalue weighted by molar-refractivity contribution is 0.557. The maximum Gasteiger partial charge on any atom is 0.160 e. The lowest BCUT2D eigenvalue weighted by atomic mass is 10.3. The molecule has 1 unspecified atom stereocenters. The second-order valence-corrected chi connectivity index (χ2v) is 6.93. The number of fused-ring (bicyclic) bond motifs is 1. The van der Waals surface area contributed by atoms with Crippen molar-refractivity contribution >= 4 is 15.5 Å². The highest BCUT2D eigenvalue weighted by molar-refractivity contribution is 7.90. The summed E-state index contributed by atoms with van der Waals surface area (Å²) >= 11 is 0. The summed E-state index contributed by atoms with van der Waals surface area (Å²) in [6, 6.07) is 5.69. The number of nitrogens with one attached hydrogen (secondary N) is 1. The minimum atomic E-state index is -2.94. The van der Waals surface area contributed by atoms with E-state index in [2.05, 4.69) is 15.5 Å². The van der Waals surface area contributed by atoms with Crippen molar-refractivity contribution in [1.29, 1.82) is 0 Å². The molecule has 6 nitrogen and oxygen atoms in total. The van der Waals surface area contributed by atoms with Gasteiger partial charge in [0.2, 0.25) is 0 Å². The van der Waals surface area contributed by atoms with E-state index >= 15 is 0 Å². The molecule has 0 spiro atoms. The summed E-state index contributed by atoms with van der Waals surface area (Å²) in [4.78, 5) is 0. The molecule has 0 aliphatic carbocycles. The van der Waals surface area contributed by atoms with Crippen molar-refractivity contribution in [2.75, 3.05) is 18.6 Å². The maximum atomic E-state index is 11.1. The van der Waals surface area contributed by atoms with Gasteiger partial charge in [0.15, 0.2) is 5.65 Å². The molecular formula is C12H18N4O2S. The van der Waals surface area contributed by atoms with E-state index in [0.717, 1.165) is 11.5 Å². The van der Waals surface area contributed by atoms with E-state index in [1.54, 1.807) is 0 Å². The summed E-state index contributed by atoms with van der Waals surface area (Å²) in [5.41, 5.74) is 0.821. The first-order chi connectivity index (χ1) is 8.96. The molecule has 0 radical (unpaired) electrons. The number of hydrogen-bond donors (Lipinski definition) is 1. The quantitative estimate of drug-likeness (QED) is 0.824. The van der Waals surface area contributed by atoms with Crippen molar-refractivity contribution in [3.63, 3.8) is 0 Å². The molecule has 2 aromatic heterocycles. The topological polar surface area (TPSA) is 76.4 Å². The molecule has 104 valence electrons. The minimum absolute atomic E-state index is 0.0609. The molecule has 0 saturated heterocycles. The van der Waals surface area contributed by atoms with Crippen molar-refractivity contribution in [2.24, 2.45) is 0 Å². The zero-order valence-corrected chi connectivity index (χ0v) is 11.9. The summed E-state index contributed by atoms with van der Waals surface area (Å²) in [5.74, 6) is 1.02. The Kier molecular flexibility index (Phi) is 4.16. The molecule has 1 atom stereocenters. The Bertz CT molecular complexity index is 651. The molecule has 0 bridgehead atoms. The van der Waals surface area contributed by atoms with Crippen LogP contribution < -0.4 is 5.32 Å². The highest BCUT2D eigenvalue weighted by Crippen LogP contribution is 2.03. The van der Waals surface area contributed by atoms with Crippen LogP contribution in [0.1, 0.15) is 12.7 Å². The van der Waals surface area contributed by atoms with Gasteiger partial charge in [-0.25, -0.2) is 8.42 Å². The summed E-state index contributed by atoms with van der Waals surface area (Å²) in [5, 5.41) is 11.4. The van der Waals surface area contributed by atoms with Gasteiger partial charge in [-0.2, -0.15) is 0 Å². The second-order valence-electron chi connectivity index (χ2n) is 4.74. The third-order valence-electron chi connectivity index (χ3n) is 2.78. The molecule has 0 aliphatic heterocycles. The summed E-state index contributed by atoms with van der Waals surface area (Å²) in [6.07, 6.45) is 3.88. The fourth-order valence-electron chi connectivity index (χ4n) is 2.00. The van der Waals surface area contributed by atoms with Gasteiger partial charge in [-0.05, 0) is 19.1 Å². The Hall–Kier alpha value is -1.47. The Balaban J connectivity index is 1.89. The van der Waals surface area contributed by atoms with Gasteiger partial charge in [-0.1, -0.05) is 6.07 Å². The van der Waals surface area contributed by atoms with Gasteiger partial charge in [0.05, 0.1) is 5.75 Å². The van der Waals surface area contributed by atoms with Gasteiger partial charge in [-0.15, -0.1) is 10.2 Å². The van der Waals surface area contributed by atoms with Crippen LogP contribution in [0.5, 0.6) is 0 Å². The number of sulfone groups is 1. The monoisotopic (exact) mass is 282 g/mol. The van der Waals surface area contributed by atoms with Crippen LogP contribution in [-0.2, 0) is 16.3 Å². The standard InChI is InChI=1S/C12H18N4O2S/c1-10(9-19(2,17)18)13-7-6-12-15-14-11-5-3-4-8-16(11)12/h3-5,8,10,13H,6-7,9H2,1-2H3. The predicted octanol–water partition coefficient (Wildman–Crippen LogP) is 0.294. The Labute approximate surface area is 112 Å². The van der Waals surface area contributed by atoms with Crippen LogP contribution in [0, 0.1) is 0 Å². The van der Waals surface area contributed by atoms with Crippen molar-refractivity contribution in [3.05, 3.63) is 30.2 Å². The fraction of sp³-hybridized carbons (Fsp3) is 0.500. The third-order valence-corrected chi connectivity index (χ3v) is 3.88. The Morgan fingerprint density at radius 2 is 2.16 bits per heavy atom. The van der Waals surface area contributed by atoms with Gasteiger partial charge in [0.1, 0.15) is 15.7 Å². The van der Waals surface area contributed by atoms with Crippen LogP contribution >= 0.6 is 0 Å². The molecule has 7 heteroatoms. The molecule has 0 aliphatic rings. The van der Waals surface area contributed by atoms with E-state index in [0.29, 0.717) is 13.0 Å². The zero-order chi connectivity index (χ0) is 13.9. The van der Waals surface area contributed by atoms with E-state index in [9.17, 15) is 8.42 Å². The van der Waals surface area contributed by atoms with Crippen molar-refractivity contribution in [3.8, 4) is 0 Å². The number of aromatic nitrogens is 3. The molecule has 2 heterocycles. The van der Waals surface area contributed by atoms with Crippen molar-refractivity contribution in [2.45, 2.75) is 19.4 Å². The van der Waals surface area contributed by atoms with Crippen molar-refractivity contribution in [1.82, 2.24) is 19.9 Å². The number of pyridine rings is 1. The first kappa shape index (κ1) is 14.0. The van der Waals surface area contributed by atoms with E-state index in [4.69, 9.17) is 0 Å². The van der Waals surface area contributed by atoms with Crippen LogP contribution in [0.4, 0.5) is 0 Å². The van der Waals surface area contributed by atoms with Gasteiger partial charge < -0.3 is 5.32 Å².